The lowest BCUT2D eigenvalue weighted by Gasteiger charge is -2.04. The molecule has 0 aliphatic heterocycles. The van der Waals surface area contributed by atoms with Gasteiger partial charge in [0.2, 0.25) is 0 Å². The van der Waals surface area contributed by atoms with E-state index in [9.17, 15) is 0 Å². The van der Waals surface area contributed by atoms with E-state index < -0.39 is 0 Å². The van der Waals surface area contributed by atoms with Crippen LogP contribution in [0.4, 0.5) is 5.69 Å². The highest BCUT2D eigenvalue weighted by atomic mass is 14.7. The maximum atomic E-state index is 4.69. The number of para-hydroxylation sites is 1. The SMILES string of the molecule is CC.CC(=Nc1ccccc1C)c1cccc(C)c1.CC1=CC=C=CC1. The van der Waals surface area contributed by atoms with E-state index in [1.807, 2.05) is 38.1 Å². The van der Waals surface area contributed by atoms with E-state index in [-0.39, 0.29) is 0 Å². The lowest BCUT2D eigenvalue weighted by molar-refractivity contribution is 1.20. The van der Waals surface area contributed by atoms with Crippen LogP contribution >= 0.6 is 0 Å². The van der Waals surface area contributed by atoms with Gasteiger partial charge in [-0.2, -0.15) is 0 Å². The van der Waals surface area contributed by atoms with Crippen molar-refractivity contribution in [2.45, 2.75) is 48.0 Å². The third-order valence-electron chi connectivity index (χ3n) is 3.85. The summed E-state index contributed by atoms with van der Waals surface area (Å²) in [5.74, 6) is 0. The highest BCUT2D eigenvalue weighted by molar-refractivity contribution is 6.00. The van der Waals surface area contributed by atoms with Gasteiger partial charge in [0.15, 0.2) is 0 Å². The number of hydrogen-bond donors (Lipinski definition) is 0. The molecule has 1 heteroatoms. The molecule has 0 N–H and O–H groups in total. The Labute approximate surface area is 159 Å². The van der Waals surface area contributed by atoms with Crippen LogP contribution in [0.1, 0.15) is 50.8 Å². The third-order valence-corrected chi connectivity index (χ3v) is 3.85. The van der Waals surface area contributed by atoms with Crippen molar-refractivity contribution in [2.75, 3.05) is 0 Å². The van der Waals surface area contributed by atoms with Crippen molar-refractivity contribution in [3.63, 3.8) is 0 Å². The van der Waals surface area contributed by atoms with Crippen molar-refractivity contribution in [3.05, 3.63) is 94.8 Å². The van der Waals surface area contributed by atoms with E-state index in [0.29, 0.717) is 0 Å². The van der Waals surface area contributed by atoms with Crippen LogP contribution in [0, 0.1) is 13.8 Å². The van der Waals surface area contributed by atoms with E-state index in [2.05, 4.69) is 80.9 Å². The lowest BCUT2D eigenvalue weighted by atomic mass is 10.1. The summed E-state index contributed by atoms with van der Waals surface area (Å²) < 4.78 is 0. The van der Waals surface area contributed by atoms with Crippen LogP contribution in [0.2, 0.25) is 0 Å². The molecule has 0 bridgehead atoms. The molecule has 0 saturated carbocycles. The van der Waals surface area contributed by atoms with E-state index in [1.165, 1.54) is 22.3 Å². The molecule has 1 aliphatic carbocycles. The molecule has 1 nitrogen and oxygen atoms in total. The van der Waals surface area contributed by atoms with Gasteiger partial charge in [-0.3, -0.25) is 4.99 Å². The molecule has 2 aromatic carbocycles. The fourth-order valence-corrected chi connectivity index (χ4v) is 2.35. The number of allylic oxidation sites excluding steroid dienone is 3. The highest BCUT2D eigenvalue weighted by Gasteiger charge is 1.99. The van der Waals surface area contributed by atoms with Crippen molar-refractivity contribution in [3.8, 4) is 0 Å². The van der Waals surface area contributed by atoms with Gasteiger partial charge in [-0.15, -0.1) is 5.73 Å². The zero-order chi connectivity index (χ0) is 19.4. The molecule has 0 radical (unpaired) electrons. The van der Waals surface area contributed by atoms with Gasteiger partial charge < -0.3 is 0 Å². The van der Waals surface area contributed by atoms with Gasteiger partial charge in [-0.05, 0) is 63.5 Å². The molecule has 0 spiro atoms. The Morgan fingerprint density at radius 1 is 0.962 bits per heavy atom. The molecule has 0 heterocycles. The first-order valence-electron chi connectivity index (χ1n) is 9.31. The first-order chi connectivity index (χ1) is 12.6. The lowest BCUT2D eigenvalue weighted by Crippen LogP contribution is -1.94. The Hall–Kier alpha value is -2.63. The highest BCUT2D eigenvalue weighted by Crippen LogP contribution is 2.19. The predicted molar refractivity (Wildman–Crippen MR) is 117 cm³/mol. The van der Waals surface area contributed by atoms with E-state index >= 15 is 0 Å². The molecule has 26 heavy (non-hydrogen) atoms. The Balaban J connectivity index is 0.000000313. The second-order valence-electron chi connectivity index (χ2n) is 6.11. The summed E-state index contributed by atoms with van der Waals surface area (Å²) >= 11 is 0. The van der Waals surface area contributed by atoms with Crippen molar-refractivity contribution < 1.29 is 0 Å². The first-order valence-corrected chi connectivity index (χ1v) is 9.31. The van der Waals surface area contributed by atoms with Gasteiger partial charge in [0, 0.05) is 5.71 Å². The largest absolute Gasteiger partial charge is 0.253 e. The minimum Gasteiger partial charge on any atom is -0.253 e. The first kappa shape index (κ1) is 21.4. The summed E-state index contributed by atoms with van der Waals surface area (Å²) in [7, 11) is 0. The third kappa shape index (κ3) is 7.51. The summed E-state index contributed by atoms with van der Waals surface area (Å²) in [6.07, 6.45) is 7.14. The van der Waals surface area contributed by atoms with Gasteiger partial charge in [-0.25, -0.2) is 0 Å². The second kappa shape index (κ2) is 11.8. The topological polar surface area (TPSA) is 12.4 Å². The molecule has 0 unspecified atom stereocenters. The van der Waals surface area contributed by atoms with E-state index in [4.69, 9.17) is 0 Å². The van der Waals surface area contributed by atoms with Crippen LogP contribution < -0.4 is 0 Å². The molecule has 0 fully saturated rings. The Morgan fingerprint density at radius 2 is 1.69 bits per heavy atom. The van der Waals surface area contributed by atoms with E-state index in [1.54, 1.807) is 0 Å². The average Bonchev–Trinajstić information content (AvgIpc) is 2.66. The minimum atomic E-state index is 1.05. The maximum Gasteiger partial charge on any atom is 0.0662 e. The molecule has 0 amide bonds. The smallest absolute Gasteiger partial charge is 0.0662 e. The minimum absolute atomic E-state index is 1.05. The van der Waals surface area contributed by atoms with Crippen molar-refractivity contribution in [2.24, 2.45) is 4.99 Å². The molecule has 2 aromatic rings. The van der Waals surface area contributed by atoms with Crippen LogP contribution in [0.25, 0.3) is 0 Å². The molecule has 0 saturated heterocycles. The Bertz CT molecular complexity index is 816. The molecule has 1 aliphatic rings. The fraction of sp³-hybridized carbons (Fsp3) is 0.280. The molecule has 136 valence electrons. The van der Waals surface area contributed by atoms with Crippen LogP contribution in [0.15, 0.2) is 83.1 Å². The standard InChI is InChI=1S/C16H17N.C7H8.C2H6/c1-12-7-6-9-15(11-12)14(3)17-16-10-5-4-8-13(16)2;1-7-5-3-2-4-6-7;1-2/h4-11H,1-3H3;3-5H,6H2,1H3;1-2H3. The number of benzene rings is 2. The van der Waals surface area contributed by atoms with Crippen LogP contribution in [-0.4, -0.2) is 5.71 Å². The average molecular weight is 346 g/mol. The Kier molecular flexibility index (Phi) is 9.75. The number of rotatable bonds is 2. The van der Waals surface area contributed by atoms with Gasteiger partial charge >= 0.3 is 0 Å². The molecular weight excluding hydrogens is 314 g/mol. The van der Waals surface area contributed by atoms with Gasteiger partial charge in [0.25, 0.3) is 0 Å². The number of aliphatic imine (C=N–C) groups is 1. The van der Waals surface area contributed by atoms with Gasteiger partial charge in [-0.1, -0.05) is 73.5 Å². The molecule has 0 atom stereocenters. The molecular formula is C25H31N. The van der Waals surface area contributed by atoms with Gasteiger partial charge in [0.1, 0.15) is 0 Å². The van der Waals surface area contributed by atoms with Crippen molar-refractivity contribution in [1.29, 1.82) is 0 Å². The zero-order valence-electron chi connectivity index (χ0n) is 17.0. The number of nitrogens with zero attached hydrogens (tertiary/aromatic N) is 1. The van der Waals surface area contributed by atoms with Crippen LogP contribution in [0.3, 0.4) is 0 Å². The van der Waals surface area contributed by atoms with E-state index in [0.717, 1.165) is 17.8 Å². The normalized spacial score (nSPS) is 12.4. The zero-order valence-corrected chi connectivity index (χ0v) is 17.0. The maximum absolute atomic E-state index is 4.69. The van der Waals surface area contributed by atoms with Crippen LogP contribution in [-0.2, 0) is 0 Å². The van der Waals surface area contributed by atoms with Crippen molar-refractivity contribution >= 4 is 11.4 Å². The summed E-state index contributed by atoms with van der Waals surface area (Å²) in [6.45, 7) is 12.4. The molecule has 0 aromatic heterocycles. The summed E-state index contributed by atoms with van der Waals surface area (Å²) in [6, 6.07) is 16.6. The number of aryl methyl sites for hydroxylation is 2. The number of hydrogen-bond acceptors (Lipinski definition) is 1. The molecule has 3 rings (SSSR count). The summed E-state index contributed by atoms with van der Waals surface area (Å²) in [5, 5.41) is 0. The van der Waals surface area contributed by atoms with Gasteiger partial charge in [0.05, 0.1) is 5.69 Å². The predicted octanol–water partition coefficient (Wildman–Crippen LogP) is 7.52. The van der Waals surface area contributed by atoms with Crippen LogP contribution in [0.5, 0.6) is 0 Å². The second-order valence-corrected chi connectivity index (χ2v) is 6.11. The summed E-state index contributed by atoms with van der Waals surface area (Å²) in [4.78, 5) is 4.69. The Morgan fingerprint density at radius 3 is 2.23 bits per heavy atom. The van der Waals surface area contributed by atoms with Crippen molar-refractivity contribution in [1.82, 2.24) is 0 Å². The fourth-order valence-electron chi connectivity index (χ4n) is 2.35. The summed E-state index contributed by atoms with van der Waals surface area (Å²) in [5.41, 5.74) is 10.2. The quantitative estimate of drug-likeness (QED) is 0.394. The monoisotopic (exact) mass is 345 g/mol.